The number of hydrogen-bond donors (Lipinski definition) is 0. The van der Waals surface area contributed by atoms with Crippen molar-refractivity contribution in [3.05, 3.63) is 53.4 Å². The maximum Gasteiger partial charge on any atom is 0.335 e. The predicted molar refractivity (Wildman–Crippen MR) is 94.0 cm³/mol. The molecule has 0 bridgehead atoms. The summed E-state index contributed by atoms with van der Waals surface area (Å²) in [5.74, 6) is -2.64. The van der Waals surface area contributed by atoms with Crippen LogP contribution < -0.4 is 4.90 Å². The van der Waals surface area contributed by atoms with Gasteiger partial charge in [0, 0.05) is 24.0 Å². The van der Waals surface area contributed by atoms with E-state index in [0.717, 1.165) is 11.3 Å². The second-order valence-corrected chi connectivity index (χ2v) is 5.73. The third-order valence-electron chi connectivity index (χ3n) is 4.08. The Bertz CT molecular complexity index is 729. The molecule has 7 nitrogen and oxygen atoms in total. The first kappa shape index (κ1) is 19.2. The van der Waals surface area contributed by atoms with Gasteiger partial charge in [-0.05, 0) is 19.1 Å². The highest BCUT2D eigenvalue weighted by atomic mass is 16.5. The number of benzene rings is 1. The van der Waals surface area contributed by atoms with Crippen molar-refractivity contribution in [2.45, 2.75) is 13.3 Å². The SMILES string of the molecule is COC(=O)CC1C(C(=O)OC)=CN(c2ccc(C)cc2)C=C1C(=O)OC. The molecule has 0 amide bonds. The van der Waals surface area contributed by atoms with E-state index >= 15 is 0 Å². The molecule has 1 aromatic rings. The van der Waals surface area contributed by atoms with Gasteiger partial charge < -0.3 is 19.1 Å². The minimum absolute atomic E-state index is 0.168. The number of anilines is 1. The lowest BCUT2D eigenvalue weighted by Gasteiger charge is -2.29. The normalized spacial score (nSPS) is 14.2. The average molecular weight is 359 g/mol. The van der Waals surface area contributed by atoms with Crippen LogP contribution in [0.5, 0.6) is 0 Å². The molecule has 0 radical (unpaired) electrons. The highest BCUT2D eigenvalue weighted by molar-refractivity contribution is 5.99. The van der Waals surface area contributed by atoms with Crippen LogP contribution >= 0.6 is 0 Å². The number of carbonyl (C=O) groups is 3. The zero-order valence-electron chi connectivity index (χ0n) is 15.1. The Balaban J connectivity index is 2.53. The monoisotopic (exact) mass is 359 g/mol. The van der Waals surface area contributed by atoms with Crippen LogP contribution in [0.25, 0.3) is 0 Å². The molecular weight excluding hydrogens is 338 g/mol. The first-order chi connectivity index (χ1) is 12.4. The van der Waals surface area contributed by atoms with Crippen molar-refractivity contribution < 1.29 is 28.6 Å². The van der Waals surface area contributed by atoms with Crippen LogP contribution in [0.3, 0.4) is 0 Å². The van der Waals surface area contributed by atoms with Crippen LogP contribution in [0.15, 0.2) is 47.8 Å². The quantitative estimate of drug-likeness (QED) is 0.588. The third kappa shape index (κ3) is 4.11. The van der Waals surface area contributed by atoms with Crippen molar-refractivity contribution in [3.63, 3.8) is 0 Å². The third-order valence-corrected chi connectivity index (χ3v) is 4.08. The minimum atomic E-state index is -0.816. The zero-order valence-corrected chi connectivity index (χ0v) is 15.1. The second-order valence-electron chi connectivity index (χ2n) is 5.73. The largest absolute Gasteiger partial charge is 0.469 e. The van der Waals surface area contributed by atoms with Gasteiger partial charge in [-0.25, -0.2) is 9.59 Å². The van der Waals surface area contributed by atoms with Crippen molar-refractivity contribution >= 4 is 23.6 Å². The second kappa shape index (κ2) is 8.33. The van der Waals surface area contributed by atoms with E-state index in [9.17, 15) is 14.4 Å². The molecule has 0 aromatic heterocycles. The van der Waals surface area contributed by atoms with E-state index in [1.165, 1.54) is 21.3 Å². The Kier molecular flexibility index (Phi) is 6.16. The molecule has 0 saturated carbocycles. The van der Waals surface area contributed by atoms with Crippen LogP contribution in [-0.2, 0) is 28.6 Å². The number of esters is 3. The van der Waals surface area contributed by atoms with Gasteiger partial charge in [-0.3, -0.25) is 4.79 Å². The number of ether oxygens (including phenoxy) is 3. The molecule has 1 aliphatic rings. The first-order valence-corrected chi connectivity index (χ1v) is 7.93. The molecule has 1 heterocycles. The Hall–Kier alpha value is -3.09. The van der Waals surface area contributed by atoms with Crippen molar-refractivity contribution in [3.8, 4) is 0 Å². The molecule has 138 valence electrons. The van der Waals surface area contributed by atoms with E-state index in [2.05, 4.69) is 4.74 Å². The molecule has 0 fully saturated rings. The fourth-order valence-electron chi connectivity index (χ4n) is 2.65. The molecule has 0 saturated heterocycles. The van der Waals surface area contributed by atoms with Crippen LogP contribution in [0.4, 0.5) is 5.69 Å². The van der Waals surface area contributed by atoms with Crippen molar-refractivity contribution in [1.29, 1.82) is 0 Å². The van der Waals surface area contributed by atoms with Gasteiger partial charge in [-0.2, -0.15) is 0 Å². The van der Waals surface area contributed by atoms with Gasteiger partial charge in [-0.15, -0.1) is 0 Å². The van der Waals surface area contributed by atoms with E-state index in [-0.39, 0.29) is 17.6 Å². The van der Waals surface area contributed by atoms with E-state index < -0.39 is 23.8 Å². The standard InChI is InChI=1S/C19H21NO6/c1-12-5-7-13(8-6-12)20-10-15(18(22)25-3)14(9-17(21)24-2)16(11-20)19(23)26-4/h5-8,10-11,14H,9H2,1-4H3. The average Bonchev–Trinajstić information content (AvgIpc) is 2.67. The maximum absolute atomic E-state index is 12.3. The fourth-order valence-corrected chi connectivity index (χ4v) is 2.65. The summed E-state index contributed by atoms with van der Waals surface area (Å²) < 4.78 is 14.4. The number of aryl methyl sites for hydroxylation is 1. The van der Waals surface area contributed by atoms with Gasteiger partial charge in [0.15, 0.2) is 0 Å². The lowest BCUT2D eigenvalue weighted by atomic mass is 9.86. The van der Waals surface area contributed by atoms with Crippen LogP contribution in [0.2, 0.25) is 0 Å². The Morgan fingerprint density at radius 1 is 0.885 bits per heavy atom. The predicted octanol–water partition coefficient (Wildman–Crippen LogP) is 2.11. The van der Waals surface area contributed by atoms with E-state index in [1.54, 1.807) is 17.3 Å². The summed E-state index contributed by atoms with van der Waals surface area (Å²) in [4.78, 5) is 38.0. The molecule has 1 aromatic carbocycles. The van der Waals surface area contributed by atoms with E-state index in [1.807, 2.05) is 31.2 Å². The Morgan fingerprint density at radius 3 is 1.81 bits per heavy atom. The van der Waals surface area contributed by atoms with Crippen LogP contribution in [-0.4, -0.2) is 39.2 Å². The number of rotatable bonds is 5. The lowest BCUT2D eigenvalue weighted by molar-refractivity contribution is -0.142. The summed E-state index contributed by atoms with van der Waals surface area (Å²) >= 11 is 0. The molecule has 0 N–H and O–H groups in total. The van der Waals surface area contributed by atoms with E-state index in [4.69, 9.17) is 9.47 Å². The molecule has 0 spiro atoms. The summed E-state index contributed by atoms with van der Waals surface area (Å²) in [5.41, 5.74) is 2.15. The number of nitrogens with zero attached hydrogens (tertiary/aromatic N) is 1. The molecule has 0 aliphatic carbocycles. The molecule has 26 heavy (non-hydrogen) atoms. The number of hydrogen-bond acceptors (Lipinski definition) is 7. The van der Waals surface area contributed by atoms with Gasteiger partial charge in [-0.1, -0.05) is 17.7 Å². The summed E-state index contributed by atoms with van der Waals surface area (Å²) in [6.45, 7) is 1.96. The Morgan fingerprint density at radius 2 is 1.38 bits per heavy atom. The topological polar surface area (TPSA) is 82.1 Å². The lowest BCUT2D eigenvalue weighted by Crippen LogP contribution is -2.31. The number of carbonyl (C=O) groups excluding carboxylic acids is 3. The van der Waals surface area contributed by atoms with Crippen molar-refractivity contribution in [2.24, 2.45) is 5.92 Å². The zero-order chi connectivity index (χ0) is 19.3. The van der Waals surface area contributed by atoms with Crippen molar-refractivity contribution in [1.82, 2.24) is 0 Å². The summed E-state index contributed by atoms with van der Waals surface area (Å²) in [6, 6.07) is 7.53. The molecular formula is C19H21NO6. The van der Waals surface area contributed by atoms with Gasteiger partial charge in [0.25, 0.3) is 0 Å². The highest BCUT2D eigenvalue weighted by Crippen LogP contribution is 2.33. The minimum Gasteiger partial charge on any atom is -0.469 e. The molecule has 0 unspecified atom stereocenters. The van der Waals surface area contributed by atoms with Gasteiger partial charge in [0.1, 0.15) is 0 Å². The fraction of sp³-hybridized carbons (Fsp3) is 0.316. The smallest absolute Gasteiger partial charge is 0.335 e. The Labute approximate surface area is 151 Å². The van der Waals surface area contributed by atoms with Crippen molar-refractivity contribution in [2.75, 3.05) is 26.2 Å². The van der Waals surface area contributed by atoms with Gasteiger partial charge in [0.05, 0.1) is 38.9 Å². The van der Waals surface area contributed by atoms with Gasteiger partial charge >= 0.3 is 17.9 Å². The summed E-state index contributed by atoms with van der Waals surface area (Å²) in [5, 5.41) is 0. The van der Waals surface area contributed by atoms with Crippen LogP contribution in [0.1, 0.15) is 12.0 Å². The molecule has 2 rings (SSSR count). The maximum atomic E-state index is 12.3. The van der Waals surface area contributed by atoms with E-state index in [0.29, 0.717) is 0 Å². The number of methoxy groups -OCH3 is 3. The summed E-state index contributed by atoms with van der Waals surface area (Å²) in [7, 11) is 3.72. The summed E-state index contributed by atoms with van der Waals surface area (Å²) in [6.07, 6.45) is 2.92. The van der Waals surface area contributed by atoms with Gasteiger partial charge in [0.2, 0.25) is 0 Å². The molecule has 0 atom stereocenters. The molecule has 7 heteroatoms. The van der Waals surface area contributed by atoms with Crippen LogP contribution in [0, 0.1) is 12.8 Å². The highest BCUT2D eigenvalue weighted by Gasteiger charge is 2.36. The first-order valence-electron chi connectivity index (χ1n) is 7.93. The molecule has 1 aliphatic heterocycles.